The van der Waals surface area contributed by atoms with Crippen LogP contribution in [-0.4, -0.2) is 61.5 Å². The summed E-state index contributed by atoms with van der Waals surface area (Å²) in [5.41, 5.74) is 0. The lowest BCUT2D eigenvalue weighted by atomic mass is 10.2. The molecular weight excluding hydrogens is 399 g/mol. The molecule has 1 unspecified atom stereocenters. The highest BCUT2D eigenvalue weighted by Crippen LogP contribution is 2.25. The number of carbonyl (C=O) groups excluding carboxylic acids is 1. The van der Waals surface area contributed by atoms with E-state index in [-0.39, 0.29) is 36.4 Å². The number of unbranched alkanes of at least 4 members (excludes halogenated alkanes) is 1. The van der Waals surface area contributed by atoms with Crippen molar-refractivity contribution in [3.05, 3.63) is 0 Å². The monoisotopic (exact) mass is 428 g/mol. The number of aliphatic imine (C=N–C) groups is 1. The maximum Gasteiger partial charge on any atom is 0.243 e. The molecule has 1 heterocycles. The number of hydrogen-bond acceptors (Lipinski definition) is 3. The summed E-state index contributed by atoms with van der Waals surface area (Å²) >= 11 is 2.02. The second-order valence-corrected chi connectivity index (χ2v) is 6.66. The predicted octanol–water partition coefficient (Wildman–Crippen LogP) is 1.92. The molecule has 1 saturated heterocycles. The van der Waals surface area contributed by atoms with Crippen LogP contribution >= 0.6 is 35.7 Å². The Morgan fingerprint density at radius 2 is 2.14 bits per heavy atom. The molecule has 2 N–H and O–H groups in total. The van der Waals surface area contributed by atoms with E-state index in [1.54, 1.807) is 19.0 Å². The number of carbonyl (C=O) groups is 1. The summed E-state index contributed by atoms with van der Waals surface area (Å²) in [5, 5.41) is 7.34. The zero-order valence-electron chi connectivity index (χ0n) is 13.4. The highest BCUT2D eigenvalue weighted by atomic mass is 127. The van der Waals surface area contributed by atoms with Crippen LogP contribution in [0, 0.1) is 0 Å². The van der Waals surface area contributed by atoms with Crippen molar-refractivity contribution in [2.75, 3.05) is 39.5 Å². The summed E-state index contributed by atoms with van der Waals surface area (Å²) < 4.78 is 0. The molecule has 0 radical (unpaired) electrons. The van der Waals surface area contributed by atoms with Gasteiger partial charge in [-0.1, -0.05) is 13.3 Å². The number of guanidine groups is 1. The molecule has 5 nitrogen and oxygen atoms in total. The van der Waals surface area contributed by atoms with Crippen molar-refractivity contribution in [2.24, 2.45) is 4.99 Å². The fourth-order valence-electron chi connectivity index (χ4n) is 1.86. The molecule has 0 bridgehead atoms. The second-order valence-electron chi connectivity index (χ2n) is 5.25. The quantitative estimate of drug-likeness (QED) is 0.282. The number of amides is 1. The van der Waals surface area contributed by atoms with Crippen molar-refractivity contribution in [1.82, 2.24) is 15.5 Å². The molecule has 1 rings (SSSR count). The van der Waals surface area contributed by atoms with Crippen LogP contribution in [0.5, 0.6) is 0 Å². The first kappa shape index (κ1) is 20.8. The predicted molar refractivity (Wildman–Crippen MR) is 103 cm³/mol. The molecule has 1 aliphatic rings. The van der Waals surface area contributed by atoms with Crippen molar-refractivity contribution >= 4 is 47.6 Å². The third-order valence-electron chi connectivity index (χ3n) is 3.22. The zero-order chi connectivity index (χ0) is 14.8. The average molecular weight is 428 g/mol. The fraction of sp³-hybridized carbons (Fsp3) is 0.857. The number of hydrogen-bond donors (Lipinski definition) is 2. The molecular formula is C14H29IN4OS. The van der Waals surface area contributed by atoms with Crippen LogP contribution in [0.15, 0.2) is 4.99 Å². The minimum Gasteiger partial charge on any atom is -0.356 e. The molecule has 1 fully saturated rings. The highest BCUT2D eigenvalue weighted by Gasteiger charge is 2.15. The first-order valence-electron chi connectivity index (χ1n) is 7.47. The van der Waals surface area contributed by atoms with Crippen LogP contribution in [0.4, 0.5) is 0 Å². The summed E-state index contributed by atoms with van der Waals surface area (Å²) in [6.07, 6.45) is 4.85. The van der Waals surface area contributed by atoms with E-state index >= 15 is 0 Å². The first-order chi connectivity index (χ1) is 9.63. The van der Waals surface area contributed by atoms with Gasteiger partial charge in [-0.2, -0.15) is 11.8 Å². The summed E-state index contributed by atoms with van der Waals surface area (Å²) in [7, 11) is 3.51. The molecule has 0 aromatic rings. The van der Waals surface area contributed by atoms with Gasteiger partial charge in [-0.05, 0) is 25.0 Å². The van der Waals surface area contributed by atoms with E-state index in [2.05, 4.69) is 22.5 Å². The Kier molecular flexibility index (Phi) is 12.3. The van der Waals surface area contributed by atoms with Crippen LogP contribution in [0.25, 0.3) is 0 Å². The smallest absolute Gasteiger partial charge is 0.243 e. The van der Waals surface area contributed by atoms with E-state index in [0.717, 1.165) is 31.9 Å². The molecule has 0 spiro atoms. The van der Waals surface area contributed by atoms with Crippen molar-refractivity contribution in [1.29, 1.82) is 0 Å². The van der Waals surface area contributed by atoms with Gasteiger partial charge in [0.1, 0.15) is 6.54 Å². The van der Waals surface area contributed by atoms with Crippen LogP contribution in [0.3, 0.4) is 0 Å². The van der Waals surface area contributed by atoms with Crippen LogP contribution in [0.1, 0.15) is 32.6 Å². The third kappa shape index (κ3) is 9.44. The van der Waals surface area contributed by atoms with Gasteiger partial charge in [0.2, 0.25) is 5.91 Å². The van der Waals surface area contributed by atoms with E-state index in [4.69, 9.17) is 0 Å². The summed E-state index contributed by atoms with van der Waals surface area (Å²) in [6.45, 7) is 4.19. The summed E-state index contributed by atoms with van der Waals surface area (Å²) in [6, 6.07) is 0. The van der Waals surface area contributed by atoms with E-state index in [0.29, 0.717) is 5.25 Å². The van der Waals surface area contributed by atoms with Crippen LogP contribution in [-0.2, 0) is 4.79 Å². The molecule has 0 aromatic heterocycles. The number of thioether (sulfide) groups is 1. The maximum atomic E-state index is 11.6. The van der Waals surface area contributed by atoms with Gasteiger partial charge >= 0.3 is 0 Å². The topological polar surface area (TPSA) is 56.7 Å². The molecule has 7 heteroatoms. The lowest BCUT2D eigenvalue weighted by molar-refractivity contribution is -0.127. The lowest BCUT2D eigenvalue weighted by Gasteiger charge is -2.15. The van der Waals surface area contributed by atoms with Gasteiger partial charge in [0.25, 0.3) is 0 Å². The number of likely N-dealkylation sites (N-methyl/N-ethyl adjacent to an activating group) is 1. The van der Waals surface area contributed by atoms with E-state index in [1.165, 1.54) is 18.6 Å². The maximum absolute atomic E-state index is 11.6. The summed E-state index contributed by atoms with van der Waals surface area (Å²) in [5.74, 6) is 2.05. The Morgan fingerprint density at radius 1 is 1.38 bits per heavy atom. The van der Waals surface area contributed by atoms with Gasteiger partial charge in [-0.25, -0.2) is 4.99 Å². The first-order valence-corrected chi connectivity index (χ1v) is 8.52. The molecule has 1 amide bonds. The van der Waals surface area contributed by atoms with Gasteiger partial charge in [0, 0.05) is 32.4 Å². The van der Waals surface area contributed by atoms with Crippen molar-refractivity contribution in [3.63, 3.8) is 0 Å². The number of nitrogens with zero attached hydrogens (tertiary/aromatic N) is 2. The Balaban J connectivity index is 0.00000400. The minimum absolute atomic E-state index is 0. The van der Waals surface area contributed by atoms with Gasteiger partial charge < -0.3 is 15.5 Å². The molecule has 0 aromatic carbocycles. The normalized spacial score (nSPS) is 18.0. The molecule has 124 valence electrons. The number of nitrogens with one attached hydrogen (secondary N) is 2. The fourth-order valence-corrected chi connectivity index (χ4v) is 3.06. The Hall–Kier alpha value is -0.180. The average Bonchev–Trinajstić information content (AvgIpc) is 2.94. The van der Waals surface area contributed by atoms with E-state index in [9.17, 15) is 4.79 Å². The Morgan fingerprint density at radius 3 is 2.71 bits per heavy atom. The standard InChI is InChI=1S/C14H28N4OS.HI/c1-4-5-8-15-14(17-11-13(19)18(2)3)16-10-12-7-6-9-20-12;/h12H,4-11H2,1-3H3,(H2,15,16,17);1H. The molecule has 1 atom stereocenters. The van der Waals surface area contributed by atoms with Crippen molar-refractivity contribution in [3.8, 4) is 0 Å². The second kappa shape index (κ2) is 12.4. The van der Waals surface area contributed by atoms with Crippen molar-refractivity contribution < 1.29 is 4.79 Å². The molecule has 0 saturated carbocycles. The van der Waals surface area contributed by atoms with Gasteiger partial charge in [0.15, 0.2) is 5.96 Å². The largest absolute Gasteiger partial charge is 0.356 e. The van der Waals surface area contributed by atoms with Crippen molar-refractivity contribution in [2.45, 2.75) is 37.9 Å². The van der Waals surface area contributed by atoms with E-state index < -0.39 is 0 Å². The van der Waals surface area contributed by atoms with Gasteiger partial charge in [-0.15, -0.1) is 24.0 Å². The molecule has 21 heavy (non-hydrogen) atoms. The van der Waals surface area contributed by atoms with Gasteiger partial charge in [-0.3, -0.25) is 4.79 Å². The van der Waals surface area contributed by atoms with E-state index in [1.807, 2.05) is 11.8 Å². The van der Waals surface area contributed by atoms with Crippen LogP contribution < -0.4 is 10.6 Å². The SMILES string of the molecule is CCCCNC(=NCC(=O)N(C)C)NCC1CCCS1.I. The Bertz CT molecular complexity index is 320. The third-order valence-corrected chi connectivity index (χ3v) is 4.61. The molecule has 0 aliphatic carbocycles. The Labute approximate surface area is 150 Å². The highest BCUT2D eigenvalue weighted by molar-refractivity contribution is 14.0. The minimum atomic E-state index is 0. The molecule has 1 aliphatic heterocycles. The van der Waals surface area contributed by atoms with Gasteiger partial charge in [0.05, 0.1) is 0 Å². The lowest BCUT2D eigenvalue weighted by Crippen LogP contribution is -2.41. The number of halogens is 1. The summed E-state index contributed by atoms with van der Waals surface area (Å²) in [4.78, 5) is 17.5. The number of rotatable bonds is 7. The van der Waals surface area contributed by atoms with Crippen LogP contribution in [0.2, 0.25) is 0 Å². The zero-order valence-corrected chi connectivity index (χ0v) is 16.5.